The van der Waals surface area contributed by atoms with Crippen LogP contribution in [0.25, 0.3) is 22.6 Å². The summed E-state index contributed by atoms with van der Waals surface area (Å²) in [6, 6.07) is 8.05. The summed E-state index contributed by atoms with van der Waals surface area (Å²) in [5, 5.41) is 0. The van der Waals surface area contributed by atoms with E-state index in [0.717, 1.165) is 37.1 Å². The summed E-state index contributed by atoms with van der Waals surface area (Å²) in [4.78, 5) is 12.1. The molecule has 0 bridgehead atoms. The summed E-state index contributed by atoms with van der Waals surface area (Å²) in [6.07, 6.45) is 1.82. The molecule has 1 N–H and O–H groups in total. The number of nitrogens with one attached hydrogen (secondary N) is 1. The fourth-order valence-corrected chi connectivity index (χ4v) is 3.05. The number of halogens is 2. The number of hydrogen-bond donors (Lipinski definition) is 1. The van der Waals surface area contributed by atoms with Gasteiger partial charge in [0, 0.05) is 20.7 Å². The summed E-state index contributed by atoms with van der Waals surface area (Å²) in [6.45, 7) is 2.02. The van der Waals surface area contributed by atoms with Crippen LogP contribution in [-0.4, -0.2) is 15.0 Å². The summed E-state index contributed by atoms with van der Waals surface area (Å²) >= 11 is 6.99. The van der Waals surface area contributed by atoms with Crippen molar-refractivity contribution in [3.63, 3.8) is 0 Å². The number of fused-ring (bicyclic) bond motifs is 1. The van der Waals surface area contributed by atoms with E-state index in [9.17, 15) is 0 Å². The van der Waals surface area contributed by atoms with Crippen LogP contribution in [-0.2, 0) is 0 Å². The molecule has 0 amide bonds. The number of aryl methyl sites for hydroxylation is 1. The zero-order chi connectivity index (χ0) is 12.7. The van der Waals surface area contributed by atoms with Crippen LogP contribution in [0.2, 0.25) is 0 Å². The summed E-state index contributed by atoms with van der Waals surface area (Å²) in [7, 11) is 0. The molecule has 3 nitrogen and oxygen atoms in total. The lowest BCUT2D eigenvalue weighted by Crippen LogP contribution is -1.82. The van der Waals surface area contributed by atoms with Gasteiger partial charge in [0.05, 0.1) is 5.52 Å². The minimum atomic E-state index is 0.741. The first-order valence-electron chi connectivity index (χ1n) is 5.41. The van der Waals surface area contributed by atoms with Gasteiger partial charge in [0.1, 0.15) is 5.82 Å². The minimum Gasteiger partial charge on any atom is -0.337 e. The molecule has 0 saturated carbocycles. The van der Waals surface area contributed by atoms with Gasteiger partial charge >= 0.3 is 0 Å². The van der Waals surface area contributed by atoms with Gasteiger partial charge in [-0.25, -0.2) is 9.97 Å². The Morgan fingerprint density at radius 3 is 2.78 bits per heavy atom. The summed E-state index contributed by atoms with van der Waals surface area (Å²) in [5.74, 6) is 0.822. The van der Waals surface area contributed by atoms with Crippen molar-refractivity contribution in [2.75, 3.05) is 0 Å². The third-order valence-electron chi connectivity index (χ3n) is 2.66. The largest absolute Gasteiger partial charge is 0.337 e. The monoisotopic (exact) mass is 365 g/mol. The minimum absolute atomic E-state index is 0.741. The topological polar surface area (TPSA) is 41.6 Å². The first-order chi connectivity index (χ1) is 8.63. The normalized spacial score (nSPS) is 11.1. The van der Waals surface area contributed by atoms with Crippen LogP contribution < -0.4 is 0 Å². The zero-order valence-corrected chi connectivity index (χ0v) is 12.7. The van der Waals surface area contributed by atoms with E-state index in [1.807, 2.05) is 37.4 Å². The number of imidazole rings is 1. The molecular weight excluding hydrogens is 358 g/mol. The Morgan fingerprint density at radius 1 is 1.17 bits per heavy atom. The molecule has 0 aliphatic carbocycles. The Balaban J connectivity index is 2.19. The van der Waals surface area contributed by atoms with Crippen molar-refractivity contribution < 1.29 is 0 Å². The van der Waals surface area contributed by atoms with Gasteiger partial charge in [-0.15, -0.1) is 0 Å². The highest BCUT2D eigenvalue weighted by molar-refractivity contribution is 9.11. The van der Waals surface area contributed by atoms with E-state index in [1.54, 1.807) is 0 Å². The fraction of sp³-hybridized carbons (Fsp3) is 0.0769. The third-order valence-corrected chi connectivity index (χ3v) is 3.81. The van der Waals surface area contributed by atoms with Gasteiger partial charge in [-0.3, -0.25) is 0 Å². The van der Waals surface area contributed by atoms with Crippen LogP contribution in [0.15, 0.2) is 39.4 Å². The Hall–Kier alpha value is -1.20. The number of rotatable bonds is 1. The molecule has 0 spiro atoms. The molecule has 0 saturated heterocycles. The molecule has 0 aliphatic rings. The molecule has 0 aliphatic heterocycles. The number of nitrogens with zero attached hydrogens (tertiary/aromatic N) is 2. The number of H-pyrrole nitrogens is 1. The van der Waals surface area contributed by atoms with Gasteiger partial charge in [0.25, 0.3) is 0 Å². The predicted molar refractivity (Wildman–Crippen MR) is 79.5 cm³/mol. The summed E-state index contributed by atoms with van der Waals surface area (Å²) < 4.78 is 2.02. The number of pyridine rings is 1. The van der Waals surface area contributed by atoms with E-state index in [4.69, 9.17) is 0 Å². The first kappa shape index (κ1) is 11.9. The second kappa shape index (κ2) is 4.48. The van der Waals surface area contributed by atoms with E-state index in [0.29, 0.717) is 0 Å². The molecule has 3 aromatic rings. The zero-order valence-electron chi connectivity index (χ0n) is 9.54. The van der Waals surface area contributed by atoms with Crippen molar-refractivity contribution in [2.45, 2.75) is 6.92 Å². The van der Waals surface area contributed by atoms with Crippen molar-refractivity contribution >= 4 is 43.0 Å². The van der Waals surface area contributed by atoms with E-state index in [1.165, 1.54) is 0 Å². The van der Waals surface area contributed by atoms with Crippen LogP contribution in [0.1, 0.15) is 5.56 Å². The van der Waals surface area contributed by atoms with Crippen molar-refractivity contribution in [3.8, 4) is 11.4 Å². The molecule has 1 aromatic carbocycles. The van der Waals surface area contributed by atoms with E-state index < -0.39 is 0 Å². The van der Waals surface area contributed by atoms with E-state index in [-0.39, 0.29) is 0 Å². The number of aromatic nitrogens is 3. The molecule has 0 atom stereocenters. The predicted octanol–water partition coefficient (Wildman–Crippen LogP) is 4.46. The lowest BCUT2D eigenvalue weighted by molar-refractivity contribution is 1.28. The van der Waals surface area contributed by atoms with Gasteiger partial charge in [0.15, 0.2) is 5.65 Å². The van der Waals surface area contributed by atoms with Gasteiger partial charge in [0.2, 0.25) is 0 Å². The fourth-order valence-electron chi connectivity index (χ4n) is 1.81. The van der Waals surface area contributed by atoms with Crippen LogP contribution in [0.5, 0.6) is 0 Å². The highest BCUT2D eigenvalue weighted by atomic mass is 79.9. The average molecular weight is 367 g/mol. The van der Waals surface area contributed by atoms with E-state index in [2.05, 4.69) is 46.8 Å². The van der Waals surface area contributed by atoms with Gasteiger partial charge in [-0.2, -0.15) is 0 Å². The smallest absolute Gasteiger partial charge is 0.178 e. The van der Waals surface area contributed by atoms with Crippen molar-refractivity contribution in [2.24, 2.45) is 0 Å². The van der Waals surface area contributed by atoms with Gasteiger partial charge < -0.3 is 4.98 Å². The maximum Gasteiger partial charge on any atom is 0.178 e. The Kier molecular flexibility index (Phi) is 2.95. The average Bonchev–Trinajstić information content (AvgIpc) is 2.71. The maximum absolute atomic E-state index is 4.50. The van der Waals surface area contributed by atoms with Gasteiger partial charge in [-0.05, 0) is 52.7 Å². The molecule has 0 radical (unpaired) electrons. The number of hydrogen-bond acceptors (Lipinski definition) is 2. The highest BCUT2D eigenvalue weighted by Crippen LogP contribution is 2.30. The highest BCUT2D eigenvalue weighted by Gasteiger charge is 2.09. The second-order valence-corrected chi connectivity index (χ2v) is 5.86. The molecular formula is C13H9Br2N3. The lowest BCUT2D eigenvalue weighted by Gasteiger charge is -2.00. The van der Waals surface area contributed by atoms with E-state index >= 15 is 0 Å². The quantitative estimate of drug-likeness (QED) is 0.690. The Bertz CT molecular complexity index is 734. The molecule has 2 aromatic heterocycles. The molecule has 0 unspecified atom stereocenters. The SMILES string of the molecule is Cc1cnc2nc(-c3ccc(Br)cc3Br)[nH]c2c1. The maximum atomic E-state index is 4.50. The van der Waals surface area contributed by atoms with Crippen molar-refractivity contribution in [1.82, 2.24) is 15.0 Å². The molecule has 0 fully saturated rings. The van der Waals surface area contributed by atoms with Crippen LogP contribution >= 0.6 is 31.9 Å². The molecule has 5 heteroatoms. The molecule has 90 valence electrons. The lowest BCUT2D eigenvalue weighted by atomic mass is 10.2. The van der Waals surface area contributed by atoms with Crippen LogP contribution in [0.3, 0.4) is 0 Å². The Morgan fingerprint density at radius 2 is 2.00 bits per heavy atom. The molecule has 3 rings (SSSR count). The van der Waals surface area contributed by atoms with Crippen molar-refractivity contribution in [3.05, 3.63) is 45.0 Å². The van der Waals surface area contributed by atoms with Crippen molar-refractivity contribution in [1.29, 1.82) is 0 Å². The van der Waals surface area contributed by atoms with Gasteiger partial charge in [-0.1, -0.05) is 15.9 Å². The Labute approximate surface area is 121 Å². The number of aromatic amines is 1. The van der Waals surface area contributed by atoms with Crippen LogP contribution in [0, 0.1) is 6.92 Å². The summed E-state index contributed by atoms with van der Waals surface area (Å²) in [5.41, 5.74) is 3.84. The molecule has 2 heterocycles. The standard InChI is InChI=1S/C13H9Br2N3/c1-7-4-11-13(16-6-7)18-12(17-11)9-3-2-8(14)5-10(9)15/h2-6H,1H3,(H,16,17,18). The first-order valence-corrected chi connectivity index (χ1v) is 7.00. The third kappa shape index (κ3) is 2.08. The number of benzene rings is 1. The molecule has 18 heavy (non-hydrogen) atoms. The second-order valence-electron chi connectivity index (χ2n) is 4.09. The van der Waals surface area contributed by atoms with Crippen LogP contribution in [0.4, 0.5) is 0 Å².